The molecule has 0 bridgehead atoms. The van der Waals surface area contributed by atoms with Crippen LogP contribution in [0.5, 0.6) is 0 Å². The van der Waals surface area contributed by atoms with E-state index in [-0.39, 0.29) is 5.91 Å². The van der Waals surface area contributed by atoms with Crippen LogP contribution in [0.1, 0.15) is 42.2 Å². The zero-order chi connectivity index (χ0) is 12.8. The maximum Gasteiger partial charge on any atom is 0.267 e. The van der Waals surface area contributed by atoms with E-state index in [1.54, 1.807) is 0 Å². The SMILES string of the molecule is [N-]=[N+]=NCCCCNC(=O)c1cccn1C1CC1. The van der Waals surface area contributed by atoms with E-state index < -0.39 is 0 Å². The molecule has 0 unspecified atom stereocenters. The van der Waals surface area contributed by atoms with Gasteiger partial charge in [0.25, 0.3) is 5.91 Å². The van der Waals surface area contributed by atoms with E-state index in [1.807, 2.05) is 18.3 Å². The van der Waals surface area contributed by atoms with E-state index in [0.717, 1.165) is 18.5 Å². The molecule has 96 valence electrons. The second kappa shape index (κ2) is 6.12. The molecule has 1 N–H and O–H groups in total. The van der Waals surface area contributed by atoms with Gasteiger partial charge in [0.2, 0.25) is 0 Å². The fraction of sp³-hybridized carbons (Fsp3) is 0.583. The summed E-state index contributed by atoms with van der Waals surface area (Å²) < 4.78 is 2.05. The summed E-state index contributed by atoms with van der Waals surface area (Å²) in [4.78, 5) is 14.6. The number of unbranched alkanes of at least 4 members (excludes halogenated alkanes) is 1. The Morgan fingerprint density at radius 1 is 1.56 bits per heavy atom. The number of rotatable bonds is 7. The summed E-state index contributed by atoms with van der Waals surface area (Å²) in [6, 6.07) is 4.29. The summed E-state index contributed by atoms with van der Waals surface area (Å²) in [6.45, 7) is 1.11. The molecule has 0 spiro atoms. The highest BCUT2D eigenvalue weighted by Gasteiger charge is 2.26. The molecule has 2 rings (SSSR count). The van der Waals surface area contributed by atoms with Crippen LogP contribution in [-0.2, 0) is 0 Å². The van der Waals surface area contributed by atoms with E-state index in [9.17, 15) is 4.79 Å². The molecule has 0 atom stereocenters. The lowest BCUT2D eigenvalue weighted by Crippen LogP contribution is -2.26. The minimum atomic E-state index is -0.0179. The molecule has 1 heterocycles. The normalized spacial score (nSPS) is 14.0. The summed E-state index contributed by atoms with van der Waals surface area (Å²) in [5.74, 6) is -0.0179. The van der Waals surface area contributed by atoms with Crippen LogP contribution in [0.4, 0.5) is 0 Å². The fourth-order valence-corrected chi connectivity index (χ4v) is 1.90. The van der Waals surface area contributed by atoms with Crippen molar-refractivity contribution < 1.29 is 4.79 Å². The Hall–Kier alpha value is -1.94. The van der Waals surface area contributed by atoms with Crippen molar-refractivity contribution in [3.8, 4) is 0 Å². The number of nitrogens with one attached hydrogen (secondary N) is 1. The molecule has 1 fully saturated rings. The van der Waals surface area contributed by atoms with Crippen molar-refractivity contribution in [3.63, 3.8) is 0 Å². The first-order valence-corrected chi connectivity index (χ1v) is 6.29. The number of hydrogen-bond donors (Lipinski definition) is 1. The number of aromatic nitrogens is 1. The summed E-state index contributed by atoms with van der Waals surface area (Å²) in [5, 5.41) is 6.34. The number of carbonyl (C=O) groups is 1. The second-order valence-electron chi connectivity index (χ2n) is 4.45. The van der Waals surface area contributed by atoms with Gasteiger partial charge in [0.15, 0.2) is 0 Å². The molecule has 0 saturated heterocycles. The summed E-state index contributed by atoms with van der Waals surface area (Å²) in [5.41, 5.74) is 8.85. The van der Waals surface area contributed by atoms with Gasteiger partial charge in [-0.15, -0.1) is 0 Å². The quantitative estimate of drug-likeness (QED) is 0.341. The third-order valence-electron chi connectivity index (χ3n) is 2.99. The maximum absolute atomic E-state index is 11.9. The van der Waals surface area contributed by atoms with Gasteiger partial charge in [-0.05, 0) is 43.3 Å². The first-order valence-electron chi connectivity index (χ1n) is 6.29. The Kier molecular flexibility index (Phi) is 4.25. The monoisotopic (exact) mass is 247 g/mol. The number of nitrogens with zero attached hydrogens (tertiary/aromatic N) is 4. The molecule has 6 heteroatoms. The lowest BCUT2D eigenvalue weighted by Gasteiger charge is -2.08. The average molecular weight is 247 g/mol. The zero-order valence-electron chi connectivity index (χ0n) is 10.2. The molecular weight excluding hydrogens is 230 g/mol. The van der Waals surface area contributed by atoms with Gasteiger partial charge in [-0.2, -0.15) is 0 Å². The molecule has 1 aromatic heterocycles. The highest BCUT2D eigenvalue weighted by Crippen LogP contribution is 2.35. The molecule has 18 heavy (non-hydrogen) atoms. The third-order valence-corrected chi connectivity index (χ3v) is 2.99. The van der Waals surface area contributed by atoms with Crippen molar-refractivity contribution in [2.75, 3.05) is 13.1 Å². The van der Waals surface area contributed by atoms with Crippen LogP contribution >= 0.6 is 0 Å². The van der Waals surface area contributed by atoms with Gasteiger partial charge in [-0.1, -0.05) is 5.11 Å². The Morgan fingerprint density at radius 2 is 2.39 bits per heavy atom. The van der Waals surface area contributed by atoms with Gasteiger partial charge in [-0.25, -0.2) is 0 Å². The van der Waals surface area contributed by atoms with Crippen molar-refractivity contribution in [1.29, 1.82) is 0 Å². The highest BCUT2D eigenvalue weighted by atomic mass is 16.1. The molecule has 1 aliphatic carbocycles. The predicted molar refractivity (Wildman–Crippen MR) is 68.3 cm³/mol. The van der Waals surface area contributed by atoms with E-state index in [2.05, 4.69) is 19.9 Å². The molecule has 0 aromatic carbocycles. The molecular formula is C12H17N5O. The van der Waals surface area contributed by atoms with Crippen LogP contribution in [0.15, 0.2) is 23.4 Å². The number of amides is 1. The Labute approximate surface area is 106 Å². The lowest BCUT2D eigenvalue weighted by atomic mass is 10.3. The van der Waals surface area contributed by atoms with Crippen LogP contribution in [-0.4, -0.2) is 23.6 Å². The minimum absolute atomic E-state index is 0.0179. The summed E-state index contributed by atoms with van der Waals surface area (Å²) >= 11 is 0. The lowest BCUT2D eigenvalue weighted by molar-refractivity contribution is 0.0943. The smallest absolute Gasteiger partial charge is 0.267 e. The Bertz CT molecular complexity index is 457. The van der Waals surface area contributed by atoms with Crippen molar-refractivity contribution in [2.24, 2.45) is 5.11 Å². The van der Waals surface area contributed by atoms with Crippen molar-refractivity contribution in [1.82, 2.24) is 9.88 Å². The highest BCUT2D eigenvalue weighted by molar-refractivity contribution is 5.92. The van der Waals surface area contributed by atoms with Gasteiger partial charge in [0.05, 0.1) is 0 Å². The Morgan fingerprint density at radius 3 is 3.11 bits per heavy atom. The van der Waals surface area contributed by atoms with Gasteiger partial charge >= 0.3 is 0 Å². The third kappa shape index (κ3) is 3.28. The van der Waals surface area contributed by atoms with E-state index in [0.29, 0.717) is 19.1 Å². The van der Waals surface area contributed by atoms with E-state index >= 15 is 0 Å². The molecule has 1 amide bonds. The van der Waals surface area contributed by atoms with Gasteiger partial charge in [-0.3, -0.25) is 4.79 Å². The molecule has 0 aliphatic heterocycles. The van der Waals surface area contributed by atoms with Gasteiger partial charge in [0, 0.05) is 30.2 Å². The fourth-order valence-electron chi connectivity index (χ4n) is 1.90. The molecule has 1 aliphatic rings. The molecule has 1 saturated carbocycles. The largest absolute Gasteiger partial charge is 0.351 e. The first kappa shape index (κ1) is 12.5. The molecule has 6 nitrogen and oxygen atoms in total. The average Bonchev–Trinajstić information content (AvgIpc) is 3.11. The maximum atomic E-state index is 11.9. The minimum Gasteiger partial charge on any atom is -0.351 e. The van der Waals surface area contributed by atoms with Crippen LogP contribution in [0, 0.1) is 0 Å². The first-order chi connectivity index (χ1) is 8.83. The van der Waals surface area contributed by atoms with Crippen LogP contribution in [0.2, 0.25) is 0 Å². The Balaban J connectivity index is 1.74. The van der Waals surface area contributed by atoms with Crippen LogP contribution in [0.3, 0.4) is 0 Å². The van der Waals surface area contributed by atoms with Gasteiger partial charge < -0.3 is 9.88 Å². The second-order valence-corrected chi connectivity index (χ2v) is 4.45. The predicted octanol–water partition coefficient (Wildman–Crippen LogP) is 2.64. The zero-order valence-corrected chi connectivity index (χ0v) is 10.2. The van der Waals surface area contributed by atoms with Crippen molar-refractivity contribution >= 4 is 5.91 Å². The summed E-state index contributed by atoms with van der Waals surface area (Å²) in [7, 11) is 0. The van der Waals surface area contributed by atoms with E-state index in [1.165, 1.54) is 12.8 Å². The topological polar surface area (TPSA) is 82.8 Å². The van der Waals surface area contributed by atoms with Crippen LogP contribution in [0.25, 0.3) is 10.4 Å². The summed E-state index contributed by atoms with van der Waals surface area (Å²) in [6.07, 6.45) is 5.93. The number of carbonyl (C=O) groups excluding carboxylic acids is 1. The van der Waals surface area contributed by atoms with Gasteiger partial charge in [0.1, 0.15) is 5.69 Å². The van der Waals surface area contributed by atoms with Crippen molar-refractivity contribution in [2.45, 2.75) is 31.7 Å². The van der Waals surface area contributed by atoms with Crippen molar-refractivity contribution in [3.05, 3.63) is 34.5 Å². The molecule has 1 aromatic rings. The molecule has 0 radical (unpaired) electrons. The van der Waals surface area contributed by atoms with E-state index in [4.69, 9.17) is 5.53 Å². The standard InChI is InChI=1S/C12H17N5O/c13-16-15-8-2-1-7-14-12(18)11-4-3-9-17(11)10-5-6-10/h3-4,9-10H,1-2,5-8H2,(H,14,18). The number of azide groups is 1. The number of hydrogen-bond acceptors (Lipinski definition) is 2. The van der Waals surface area contributed by atoms with Crippen LogP contribution < -0.4 is 5.32 Å².